The second-order valence-electron chi connectivity index (χ2n) is 8.05. The fourth-order valence-electron chi connectivity index (χ4n) is 3.52. The number of esters is 1. The summed E-state index contributed by atoms with van der Waals surface area (Å²) in [6, 6.07) is -0.720. The van der Waals surface area contributed by atoms with E-state index in [-0.39, 0.29) is 38.0 Å². The minimum atomic E-state index is -0.594. The van der Waals surface area contributed by atoms with Gasteiger partial charge >= 0.3 is 12.0 Å². The average molecular weight is 502 g/mol. The van der Waals surface area contributed by atoms with Gasteiger partial charge in [0.2, 0.25) is 17.7 Å². The first-order valence-corrected chi connectivity index (χ1v) is 11.4. The molecule has 200 valence electrons. The van der Waals surface area contributed by atoms with E-state index >= 15 is 0 Å². The third-order valence-electron chi connectivity index (χ3n) is 5.13. The van der Waals surface area contributed by atoms with E-state index in [1.165, 1.54) is 6.92 Å². The Balaban J connectivity index is 0.000000513. The van der Waals surface area contributed by atoms with Gasteiger partial charge in [-0.3, -0.25) is 34.2 Å². The molecule has 3 heterocycles. The van der Waals surface area contributed by atoms with Crippen LogP contribution in [0.2, 0.25) is 0 Å². The maximum atomic E-state index is 11.5. The minimum Gasteiger partial charge on any atom is -0.466 e. The van der Waals surface area contributed by atoms with Gasteiger partial charge in [-0.05, 0) is 45.4 Å². The van der Waals surface area contributed by atoms with Crippen molar-refractivity contribution in [2.75, 3.05) is 33.0 Å². The molecule has 0 aliphatic carbocycles. The van der Waals surface area contributed by atoms with Crippen LogP contribution < -0.4 is 11.1 Å². The first-order valence-electron chi connectivity index (χ1n) is 11.4. The molecule has 0 unspecified atom stereocenters. The summed E-state index contributed by atoms with van der Waals surface area (Å²) in [4.78, 5) is 66.1. The normalized spacial score (nSPS) is 18.6. The number of imide groups is 2. The highest BCUT2D eigenvalue weighted by molar-refractivity contribution is 6.14. The average Bonchev–Trinajstić information content (AvgIpc) is 2.75. The lowest BCUT2D eigenvalue weighted by atomic mass is 9.96. The predicted octanol–water partition coefficient (Wildman–Crippen LogP) is 1.09. The molecule has 3 aliphatic heterocycles. The third-order valence-corrected chi connectivity index (χ3v) is 5.13. The summed E-state index contributed by atoms with van der Waals surface area (Å²) in [6.07, 6.45) is 3.47. The molecule has 0 aromatic heterocycles. The molecule has 0 bridgehead atoms. The van der Waals surface area contributed by atoms with Crippen LogP contribution in [0.5, 0.6) is 0 Å². The van der Waals surface area contributed by atoms with E-state index in [9.17, 15) is 28.8 Å². The zero-order valence-corrected chi connectivity index (χ0v) is 19.8. The van der Waals surface area contributed by atoms with Crippen molar-refractivity contribution in [1.29, 1.82) is 0 Å². The molecular formula is C23H39N3O9. The topological polar surface area (TPSA) is 171 Å². The lowest BCUT2D eigenvalue weighted by molar-refractivity contribution is -0.145. The quantitative estimate of drug-likeness (QED) is 0.399. The molecule has 3 rings (SSSR count). The van der Waals surface area contributed by atoms with Gasteiger partial charge in [0.15, 0.2) is 0 Å². The van der Waals surface area contributed by atoms with Gasteiger partial charge in [-0.25, -0.2) is 4.79 Å². The molecule has 3 fully saturated rings. The molecule has 12 nitrogen and oxygen atoms in total. The number of rotatable bonds is 6. The molecule has 0 saturated carbocycles. The molecular weight excluding hydrogens is 462 g/mol. The first kappa shape index (κ1) is 32.1. The fourth-order valence-corrected chi connectivity index (χ4v) is 3.52. The highest BCUT2D eigenvalue weighted by Crippen LogP contribution is 2.18. The molecule has 12 heteroatoms. The Morgan fingerprint density at radius 1 is 1.03 bits per heavy atom. The van der Waals surface area contributed by atoms with Crippen LogP contribution in [0.3, 0.4) is 0 Å². The van der Waals surface area contributed by atoms with Crippen LogP contribution in [0.25, 0.3) is 0 Å². The largest absolute Gasteiger partial charge is 0.466 e. The van der Waals surface area contributed by atoms with Crippen molar-refractivity contribution in [2.45, 2.75) is 72.3 Å². The monoisotopic (exact) mass is 501 g/mol. The van der Waals surface area contributed by atoms with E-state index in [1.807, 2.05) is 0 Å². The van der Waals surface area contributed by atoms with Gasteiger partial charge in [0.25, 0.3) is 0 Å². The molecule has 3 saturated heterocycles. The summed E-state index contributed by atoms with van der Waals surface area (Å²) in [6.45, 7) is 6.09. The van der Waals surface area contributed by atoms with Crippen LogP contribution in [-0.4, -0.2) is 79.5 Å². The summed E-state index contributed by atoms with van der Waals surface area (Å²) in [5.74, 6) is -1.24. The number of nitrogens with two attached hydrogens (primary N) is 1. The van der Waals surface area contributed by atoms with Gasteiger partial charge in [-0.15, -0.1) is 0 Å². The number of ether oxygens (including phenoxy) is 3. The van der Waals surface area contributed by atoms with E-state index < -0.39 is 23.8 Å². The highest BCUT2D eigenvalue weighted by Gasteiger charge is 2.36. The van der Waals surface area contributed by atoms with E-state index in [4.69, 9.17) is 15.2 Å². The van der Waals surface area contributed by atoms with E-state index in [0.717, 1.165) is 31.0 Å². The van der Waals surface area contributed by atoms with Crippen LogP contribution in [-0.2, 0) is 38.2 Å². The third kappa shape index (κ3) is 13.6. The van der Waals surface area contributed by atoms with Gasteiger partial charge < -0.3 is 19.9 Å². The van der Waals surface area contributed by atoms with Gasteiger partial charge in [0, 0.05) is 38.9 Å². The Bertz CT molecular complexity index is 710. The number of barbiturate groups is 1. The van der Waals surface area contributed by atoms with Crippen LogP contribution in [0, 0.1) is 5.92 Å². The number of carbonyl (C=O) groups excluding carboxylic acids is 6. The number of Topliss-reactive ketones (excluding diaryl/α,β-unsaturated/α-hetero) is 1. The number of urea groups is 1. The summed E-state index contributed by atoms with van der Waals surface area (Å²) in [5, 5.41) is 2.14. The van der Waals surface area contributed by atoms with Crippen LogP contribution >= 0.6 is 0 Å². The molecule has 3 aliphatic rings. The number of nitrogens with zero attached hydrogens (tertiary/aromatic N) is 1. The Morgan fingerprint density at radius 2 is 1.57 bits per heavy atom. The maximum Gasteiger partial charge on any atom is 0.331 e. The Hall–Kier alpha value is -2.86. The van der Waals surface area contributed by atoms with Gasteiger partial charge in [-0.1, -0.05) is 7.43 Å². The molecule has 35 heavy (non-hydrogen) atoms. The smallest absolute Gasteiger partial charge is 0.331 e. The Kier molecular flexibility index (Phi) is 16.1. The van der Waals surface area contributed by atoms with Crippen LogP contribution in [0.4, 0.5) is 4.79 Å². The number of primary amides is 1. The molecule has 5 amide bonds. The molecule has 0 radical (unpaired) electrons. The number of amides is 5. The predicted molar refractivity (Wildman–Crippen MR) is 125 cm³/mol. The van der Waals surface area contributed by atoms with Crippen molar-refractivity contribution in [1.82, 2.24) is 10.2 Å². The van der Waals surface area contributed by atoms with Crippen molar-refractivity contribution in [3.8, 4) is 0 Å². The summed E-state index contributed by atoms with van der Waals surface area (Å²) >= 11 is 0. The van der Waals surface area contributed by atoms with Crippen molar-refractivity contribution in [3.63, 3.8) is 0 Å². The molecule has 0 aromatic carbocycles. The Labute approximate surface area is 206 Å². The zero-order chi connectivity index (χ0) is 25.5. The molecule has 0 atom stereocenters. The van der Waals surface area contributed by atoms with Crippen molar-refractivity contribution in [2.24, 2.45) is 11.7 Å². The lowest BCUT2D eigenvalue weighted by Crippen LogP contribution is -2.57. The van der Waals surface area contributed by atoms with E-state index in [0.29, 0.717) is 45.0 Å². The number of hydrogen-bond acceptors (Lipinski definition) is 9. The fraction of sp³-hybridized carbons (Fsp3) is 0.739. The second kappa shape index (κ2) is 17.6. The van der Waals surface area contributed by atoms with Crippen molar-refractivity contribution >= 4 is 35.5 Å². The van der Waals surface area contributed by atoms with E-state index in [2.05, 4.69) is 10.1 Å². The van der Waals surface area contributed by atoms with Crippen molar-refractivity contribution in [3.05, 3.63) is 0 Å². The number of hydrogen-bond donors (Lipinski definition) is 2. The highest BCUT2D eigenvalue weighted by atomic mass is 16.5. The zero-order valence-electron chi connectivity index (χ0n) is 19.8. The van der Waals surface area contributed by atoms with Gasteiger partial charge in [0.05, 0.1) is 6.61 Å². The Morgan fingerprint density at radius 3 is 2.03 bits per heavy atom. The SMILES string of the molecule is C.CCOC(=O)CC(C)=O.NC(=O)CC1CCOCC1.O=C1CC(=O)N(C2CCOCC2)C(=O)N1. The van der Waals surface area contributed by atoms with Gasteiger partial charge in [0.1, 0.15) is 18.6 Å². The first-order chi connectivity index (χ1) is 16.1. The van der Waals surface area contributed by atoms with Gasteiger partial charge in [-0.2, -0.15) is 0 Å². The summed E-state index contributed by atoms with van der Waals surface area (Å²) in [5.41, 5.74) is 5.04. The van der Waals surface area contributed by atoms with E-state index in [1.54, 1.807) is 6.92 Å². The van der Waals surface area contributed by atoms with Crippen LogP contribution in [0.1, 0.15) is 66.2 Å². The molecule has 0 aromatic rings. The lowest BCUT2D eigenvalue weighted by Gasteiger charge is -2.34. The number of ketones is 1. The standard InChI is InChI=1S/C9H12N2O4.C7H13NO2.C6H10O3.CH4/c12-7-5-8(13)11(9(14)10-7)6-1-3-15-4-2-6;8-7(9)5-6-1-3-10-4-2-6;1-3-9-6(8)4-5(2)7;/h6H,1-5H2,(H,10,12,14);6H,1-5H2,(H2,8,9);3-4H2,1-2H3;1H4. The maximum absolute atomic E-state index is 11.5. The van der Waals surface area contributed by atoms with Crippen LogP contribution in [0.15, 0.2) is 0 Å². The minimum absolute atomic E-state index is 0. The number of carbonyl (C=O) groups is 6. The molecule has 3 N–H and O–H groups in total. The number of nitrogens with one attached hydrogen (secondary N) is 1. The van der Waals surface area contributed by atoms with Crippen molar-refractivity contribution < 1.29 is 43.0 Å². The summed E-state index contributed by atoms with van der Waals surface area (Å²) < 4.78 is 14.8. The summed E-state index contributed by atoms with van der Waals surface area (Å²) in [7, 11) is 0. The second-order valence-corrected chi connectivity index (χ2v) is 8.05. The molecule has 0 spiro atoms.